The Labute approximate surface area is 113 Å². The average Bonchev–Trinajstić information content (AvgIpc) is 2.78. The van der Waals surface area contributed by atoms with E-state index in [0.29, 0.717) is 23.3 Å². The summed E-state index contributed by atoms with van der Waals surface area (Å²) in [6, 6.07) is 5.07. The molecule has 3 nitrogen and oxygen atoms in total. The molecule has 0 aliphatic carbocycles. The van der Waals surface area contributed by atoms with Gasteiger partial charge in [-0.1, -0.05) is 13.0 Å². The topological polar surface area (TPSA) is 42.1 Å². The zero-order valence-corrected chi connectivity index (χ0v) is 10.9. The maximum Gasteiger partial charge on any atom is 0.396 e. The molecule has 2 aromatic rings. The third-order valence-electron chi connectivity index (χ3n) is 2.79. The molecule has 0 fully saturated rings. The molecule has 1 heterocycles. The largest absolute Gasteiger partial charge is 0.493 e. The third-order valence-corrected chi connectivity index (χ3v) is 2.79. The summed E-state index contributed by atoms with van der Waals surface area (Å²) in [5.74, 6) is -0.535. The number of hydrogen-bond acceptors (Lipinski definition) is 2. The first-order valence-electron chi connectivity index (χ1n) is 6.25. The van der Waals surface area contributed by atoms with E-state index in [-0.39, 0.29) is 5.56 Å². The van der Waals surface area contributed by atoms with E-state index < -0.39 is 18.4 Å². The van der Waals surface area contributed by atoms with Crippen LogP contribution in [0.25, 0.3) is 10.9 Å². The molecule has 0 atom stereocenters. The van der Waals surface area contributed by atoms with Crippen molar-refractivity contribution in [1.82, 2.24) is 4.98 Å². The van der Waals surface area contributed by atoms with E-state index in [1.807, 2.05) is 6.92 Å². The Morgan fingerprint density at radius 2 is 2.10 bits per heavy atom. The summed E-state index contributed by atoms with van der Waals surface area (Å²) in [6.45, 7) is 2.37. The van der Waals surface area contributed by atoms with E-state index in [9.17, 15) is 18.0 Å². The fourth-order valence-electron chi connectivity index (χ4n) is 1.98. The van der Waals surface area contributed by atoms with Crippen LogP contribution in [0.1, 0.15) is 30.1 Å². The van der Waals surface area contributed by atoms with Gasteiger partial charge in [0.2, 0.25) is 0 Å². The van der Waals surface area contributed by atoms with Gasteiger partial charge in [-0.15, -0.1) is 0 Å². The van der Waals surface area contributed by atoms with Crippen LogP contribution in [0.5, 0.6) is 5.75 Å². The molecule has 0 amide bonds. The van der Waals surface area contributed by atoms with Crippen molar-refractivity contribution in [1.29, 1.82) is 0 Å². The smallest absolute Gasteiger partial charge is 0.396 e. The van der Waals surface area contributed by atoms with E-state index in [1.54, 1.807) is 18.2 Å². The van der Waals surface area contributed by atoms with Crippen LogP contribution in [0.4, 0.5) is 13.2 Å². The van der Waals surface area contributed by atoms with Gasteiger partial charge in [0.15, 0.2) is 5.78 Å². The van der Waals surface area contributed by atoms with E-state index in [2.05, 4.69) is 4.98 Å². The second-order valence-electron chi connectivity index (χ2n) is 4.44. The maximum absolute atomic E-state index is 12.3. The van der Waals surface area contributed by atoms with E-state index in [1.165, 1.54) is 6.20 Å². The van der Waals surface area contributed by atoms with Gasteiger partial charge in [0.1, 0.15) is 12.2 Å². The number of rotatable bonds is 5. The van der Waals surface area contributed by atoms with Crippen LogP contribution in [0, 0.1) is 0 Å². The Bertz CT molecular complexity index is 616. The number of H-pyrrole nitrogens is 1. The first-order valence-corrected chi connectivity index (χ1v) is 6.25. The molecule has 0 saturated carbocycles. The molecule has 0 unspecified atom stereocenters. The number of alkyl halides is 3. The van der Waals surface area contributed by atoms with Crippen molar-refractivity contribution in [3.63, 3.8) is 0 Å². The summed E-state index contributed by atoms with van der Waals surface area (Å²) in [7, 11) is 0. The number of halogens is 3. The summed E-state index contributed by atoms with van der Waals surface area (Å²) in [4.78, 5) is 14.6. The van der Waals surface area contributed by atoms with Gasteiger partial charge in [-0.2, -0.15) is 13.2 Å². The first kappa shape index (κ1) is 14.4. The van der Waals surface area contributed by atoms with Crippen LogP contribution in [-0.4, -0.2) is 23.6 Å². The van der Waals surface area contributed by atoms with Gasteiger partial charge in [0.05, 0.1) is 12.0 Å². The molecule has 6 heteroatoms. The van der Waals surface area contributed by atoms with Gasteiger partial charge in [-0.05, 0) is 18.6 Å². The zero-order valence-electron chi connectivity index (χ0n) is 10.9. The number of fused-ring (bicyclic) bond motifs is 1. The standard InChI is InChI=1S/C14H14F3NO2/c1-2-6-20-12-5-3-4-10-13(12)9(8-18-10)11(19)7-14(15,16)17/h3-5,8,18H,2,6-7H2,1H3. The van der Waals surface area contributed by atoms with Crippen molar-refractivity contribution in [3.8, 4) is 5.75 Å². The normalized spacial score (nSPS) is 11.8. The Hall–Kier alpha value is -1.98. The van der Waals surface area contributed by atoms with Crippen LogP contribution in [0.15, 0.2) is 24.4 Å². The summed E-state index contributed by atoms with van der Waals surface area (Å²) in [5, 5.41) is 0.412. The number of aromatic nitrogens is 1. The highest BCUT2D eigenvalue weighted by Gasteiger charge is 2.32. The predicted molar refractivity (Wildman–Crippen MR) is 69.1 cm³/mol. The average molecular weight is 285 g/mol. The Kier molecular flexibility index (Phi) is 4.01. The van der Waals surface area contributed by atoms with Gasteiger partial charge in [-0.3, -0.25) is 4.79 Å². The van der Waals surface area contributed by atoms with Crippen molar-refractivity contribution in [2.24, 2.45) is 0 Å². The van der Waals surface area contributed by atoms with E-state index in [0.717, 1.165) is 6.42 Å². The molecule has 108 valence electrons. The van der Waals surface area contributed by atoms with E-state index >= 15 is 0 Å². The summed E-state index contributed by atoms with van der Waals surface area (Å²) in [6.07, 6.45) is -3.91. The van der Waals surface area contributed by atoms with Crippen molar-refractivity contribution < 1.29 is 22.7 Å². The van der Waals surface area contributed by atoms with Crippen molar-refractivity contribution in [3.05, 3.63) is 30.0 Å². The zero-order chi connectivity index (χ0) is 14.8. The number of carbonyl (C=O) groups is 1. The quantitative estimate of drug-likeness (QED) is 0.841. The molecule has 20 heavy (non-hydrogen) atoms. The highest BCUT2D eigenvalue weighted by atomic mass is 19.4. The van der Waals surface area contributed by atoms with Crippen molar-refractivity contribution >= 4 is 16.7 Å². The van der Waals surface area contributed by atoms with Crippen molar-refractivity contribution in [2.75, 3.05) is 6.61 Å². The number of carbonyl (C=O) groups excluding carboxylic acids is 1. The molecular weight excluding hydrogens is 271 g/mol. The SMILES string of the molecule is CCCOc1cccc2[nH]cc(C(=O)CC(F)(F)F)c12. The number of nitrogens with one attached hydrogen (secondary N) is 1. The Balaban J connectivity index is 2.41. The predicted octanol–water partition coefficient (Wildman–Crippen LogP) is 4.09. The number of ether oxygens (including phenoxy) is 1. The third kappa shape index (κ3) is 3.12. The second-order valence-corrected chi connectivity index (χ2v) is 4.44. The number of hydrogen-bond donors (Lipinski definition) is 1. The first-order chi connectivity index (χ1) is 9.42. The van der Waals surface area contributed by atoms with Crippen LogP contribution >= 0.6 is 0 Å². The number of ketones is 1. The monoisotopic (exact) mass is 285 g/mol. The second kappa shape index (κ2) is 5.56. The highest BCUT2D eigenvalue weighted by Crippen LogP contribution is 2.31. The molecule has 1 aromatic carbocycles. The fraction of sp³-hybridized carbons (Fsp3) is 0.357. The van der Waals surface area contributed by atoms with Crippen LogP contribution in [0.2, 0.25) is 0 Å². The molecular formula is C14H14F3NO2. The molecule has 0 bridgehead atoms. The number of benzene rings is 1. The van der Waals surface area contributed by atoms with Crippen LogP contribution < -0.4 is 4.74 Å². The minimum absolute atomic E-state index is 0.0176. The summed E-state index contributed by atoms with van der Waals surface area (Å²) >= 11 is 0. The lowest BCUT2D eigenvalue weighted by Gasteiger charge is -2.08. The summed E-state index contributed by atoms with van der Waals surface area (Å²) < 4.78 is 42.5. The minimum Gasteiger partial charge on any atom is -0.493 e. The van der Waals surface area contributed by atoms with Gasteiger partial charge in [-0.25, -0.2) is 0 Å². The van der Waals surface area contributed by atoms with Crippen LogP contribution in [-0.2, 0) is 0 Å². The molecule has 0 aliphatic rings. The van der Waals surface area contributed by atoms with E-state index in [4.69, 9.17) is 4.74 Å². The van der Waals surface area contributed by atoms with Crippen molar-refractivity contribution in [2.45, 2.75) is 25.9 Å². The Morgan fingerprint density at radius 1 is 1.35 bits per heavy atom. The Morgan fingerprint density at radius 3 is 2.75 bits per heavy atom. The maximum atomic E-state index is 12.3. The molecule has 0 spiro atoms. The van der Waals surface area contributed by atoms with Gasteiger partial charge in [0.25, 0.3) is 0 Å². The lowest BCUT2D eigenvalue weighted by Crippen LogP contribution is -2.14. The molecule has 0 aliphatic heterocycles. The molecule has 0 saturated heterocycles. The number of Topliss-reactive ketones (excluding diaryl/α,β-unsaturated/α-hetero) is 1. The lowest BCUT2D eigenvalue weighted by molar-refractivity contribution is -0.125. The van der Waals surface area contributed by atoms with Gasteiger partial charge in [0, 0.05) is 17.3 Å². The highest BCUT2D eigenvalue weighted by molar-refractivity contribution is 6.10. The van der Waals surface area contributed by atoms with Gasteiger partial charge >= 0.3 is 6.18 Å². The molecule has 1 N–H and O–H groups in total. The lowest BCUT2D eigenvalue weighted by atomic mass is 10.1. The molecule has 1 aromatic heterocycles. The minimum atomic E-state index is -4.51. The fourth-order valence-corrected chi connectivity index (χ4v) is 1.98. The van der Waals surface area contributed by atoms with Gasteiger partial charge < -0.3 is 9.72 Å². The van der Waals surface area contributed by atoms with Crippen LogP contribution in [0.3, 0.4) is 0 Å². The number of aromatic amines is 1. The molecule has 0 radical (unpaired) electrons. The molecule has 2 rings (SSSR count). The summed E-state index contributed by atoms with van der Waals surface area (Å²) in [5.41, 5.74) is 0.605.